The molecule has 0 saturated heterocycles. The number of rotatable bonds is 1. The van der Waals surface area contributed by atoms with E-state index in [-0.39, 0.29) is 0 Å². The summed E-state index contributed by atoms with van der Waals surface area (Å²) >= 11 is 2.36. The quantitative estimate of drug-likeness (QED) is 0.735. The van der Waals surface area contributed by atoms with E-state index in [2.05, 4.69) is 28.7 Å². The van der Waals surface area contributed by atoms with Crippen molar-refractivity contribution < 1.29 is 5.11 Å². The molecule has 4 saturated carbocycles. The molecule has 0 aliphatic heterocycles. The highest BCUT2D eigenvalue weighted by molar-refractivity contribution is 14.1. The van der Waals surface area contributed by atoms with Gasteiger partial charge in [-0.15, -0.1) is 0 Å². The zero-order chi connectivity index (χ0) is 12.3. The first-order valence-corrected chi connectivity index (χ1v) is 8.27. The van der Waals surface area contributed by atoms with E-state index in [1.807, 2.05) is 12.1 Å². The Hall–Kier alpha value is -0.250. The van der Waals surface area contributed by atoms with Crippen LogP contribution in [0, 0.1) is 27.2 Å². The lowest BCUT2D eigenvalue weighted by molar-refractivity contribution is -0.00349. The molecule has 0 radical (unpaired) electrons. The summed E-state index contributed by atoms with van der Waals surface area (Å²) in [5.41, 5.74) is 1.25. The second-order valence-electron chi connectivity index (χ2n) is 6.66. The monoisotopic (exact) mass is 354 g/mol. The van der Waals surface area contributed by atoms with Crippen LogP contribution in [0.4, 0.5) is 0 Å². The van der Waals surface area contributed by atoms with Crippen molar-refractivity contribution in [3.05, 3.63) is 27.3 Å². The third kappa shape index (κ3) is 1.71. The maximum Gasteiger partial charge on any atom is 0.119 e. The van der Waals surface area contributed by atoms with Crippen LogP contribution in [0.1, 0.15) is 43.6 Å². The summed E-state index contributed by atoms with van der Waals surface area (Å²) in [5.74, 6) is 4.90. The van der Waals surface area contributed by atoms with E-state index in [1.54, 1.807) is 0 Å². The zero-order valence-corrected chi connectivity index (χ0v) is 12.6. The number of benzene rings is 1. The first-order chi connectivity index (χ1) is 8.70. The van der Waals surface area contributed by atoms with Gasteiger partial charge in [0.2, 0.25) is 0 Å². The van der Waals surface area contributed by atoms with Gasteiger partial charge in [-0.3, -0.25) is 0 Å². The molecule has 1 N–H and O–H groups in total. The van der Waals surface area contributed by atoms with Gasteiger partial charge in [0.1, 0.15) is 5.75 Å². The molecule has 0 spiro atoms. The lowest BCUT2D eigenvalue weighted by Gasteiger charge is -2.54. The van der Waals surface area contributed by atoms with Crippen LogP contribution in [0.5, 0.6) is 5.75 Å². The van der Waals surface area contributed by atoms with E-state index in [0.29, 0.717) is 11.7 Å². The standard InChI is InChI=1S/C16H19IO/c17-13-1-2-15(18)14(8-13)16-11-4-9-3-10(6-11)7-12(16)5-9/h1-2,8-12,16,18H,3-7H2. The van der Waals surface area contributed by atoms with Crippen LogP contribution in [0.25, 0.3) is 0 Å². The molecule has 4 aliphatic carbocycles. The molecule has 4 aliphatic rings. The first-order valence-electron chi connectivity index (χ1n) is 7.19. The minimum atomic E-state index is 0.535. The van der Waals surface area contributed by atoms with Crippen molar-refractivity contribution in [3.63, 3.8) is 0 Å². The maximum absolute atomic E-state index is 10.2. The van der Waals surface area contributed by atoms with E-state index < -0.39 is 0 Å². The van der Waals surface area contributed by atoms with Crippen molar-refractivity contribution in [1.29, 1.82) is 0 Å². The molecule has 4 fully saturated rings. The molecule has 1 nitrogen and oxygen atoms in total. The molecule has 1 aromatic carbocycles. The zero-order valence-electron chi connectivity index (χ0n) is 10.5. The van der Waals surface area contributed by atoms with Gasteiger partial charge < -0.3 is 5.11 Å². The SMILES string of the molecule is Oc1ccc(I)cc1C1C2CC3CC(C2)CC1C3. The van der Waals surface area contributed by atoms with Crippen molar-refractivity contribution in [3.8, 4) is 5.75 Å². The van der Waals surface area contributed by atoms with Crippen molar-refractivity contribution in [1.82, 2.24) is 0 Å². The molecule has 96 valence electrons. The molecular formula is C16H19IO. The molecule has 0 aromatic heterocycles. The van der Waals surface area contributed by atoms with Crippen LogP contribution in [0.2, 0.25) is 0 Å². The fourth-order valence-corrected chi connectivity index (χ4v) is 5.74. The minimum Gasteiger partial charge on any atom is -0.508 e. The molecule has 0 amide bonds. The summed E-state index contributed by atoms with van der Waals surface area (Å²) in [5, 5.41) is 10.2. The first kappa shape index (κ1) is 11.6. The highest BCUT2D eigenvalue weighted by Crippen LogP contribution is 2.60. The van der Waals surface area contributed by atoms with Crippen molar-refractivity contribution in [2.24, 2.45) is 23.7 Å². The highest BCUT2D eigenvalue weighted by Gasteiger charge is 2.49. The van der Waals surface area contributed by atoms with E-state index >= 15 is 0 Å². The number of phenols is 1. The second kappa shape index (κ2) is 4.12. The van der Waals surface area contributed by atoms with Crippen LogP contribution in [-0.4, -0.2) is 5.11 Å². The molecule has 0 unspecified atom stereocenters. The lowest BCUT2D eigenvalue weighted by Crippen LogP contribution is -2.43. The molecular weight excluding hydrogens is 335 g/mol. The molecule has 18 heavy (non-hydrogen) atoms. The Morgan fingerprint density at radius 1 is 0.944 bits per heavy atom. The Labute approximate surface area is 122 Å². The summed E-state index contributed by atoms with van der Waals surface area (Å²) in [6, 6.07) is 6.13. The highest BCUT2D eigenvalue weighted by atomic mass is 127. The number of hydrogen-bond acceptors (Lipinski definition) is 1. The predicted octanol–water partition coefficient (Wildman–Crippen LogP) is 4.54. The Kier molecular flexibility index (Phi) is 2.65. The summed E-state index contributed by atoms with van der Waals surface area (Å²) in [4.78, 5) is 0. The molecule has 2 heteroatoms. The van der Waals surface area contributed by atoms with E-state index in [0.717, 1.165) is 23.7 Å². The second-order valence-corrected chi connectivity index (χ2v) is 7.91. The third-order valence-electron chi connectivity index (χ3n) is 5.58. The minimum absolute atomic E-state index is 0.535. The third-order valence-corrected chi connectivity index (χ3v) is 6.25. The molecule has 5 rings (SSSR count). The van der Waals surface area contributed by atoms with Gasteiger partial charge in [0, 0.05) is 3.57 Å². The van der Waals surface area contributed by atoms with Crippen LogP contribution < -0.4 is 0 Å². The van der Waals surface area contributed by atoms with E-state index in [1.165, 1.54) is 41.2 Å². The molecule has 4 bridgehead atoms. The van der Waals surface area contributed by atoms with Crippen LogP contribution >= 0.6 is 22.6 Å². The van der Waals surface area contributed by atoms with Gasteiger partial charge in [0.25, 0.3) is 0 Å². The summed E-state index contributed by atoms with van der Waals surface area (Å²) in [7, 11) is 0. The Bertz CT molecular complexity index is 454. The fourth-order valence-electron chi connectivity index (χ4n) is 5.23. The van der Waals surface area contributed by atoms with E-state index in [9.17, 15) is 5.11 Å². The molecule has 1 aromatic rings. The average Bonchev–Trinajstić information content (AvgIpc) is 2.32. The van der Waals surface area contributed by atoms with Crippen molar-refractivity contribution in [2.45, 2.75) is 38.0 Å². The summed E-state index contributed by atoms with van der Waals surface area (Å²) in [6.45, 7) is 0. The smallest absolute Gasteiger partial charge is 0.119 e. The largest absolute Gasteiger partial charge is 0.508 e. The number of halogens is 1. The van der Waals surface area contributed by atoms with E-state index in [4.69, 9.17) is 0 Å². The van der Waals surface area contributed by atoms with Crippen LogP contribution in [0.15, 0.2) is 18.2 Å². The van der Waals surface area contributed by atoms with Crippen LogP contribution in [-0.2, 0) is 0 Å². The van der Waals surface area contributed by atoms with Crippen molar-refractivity contribution in [2.75, 3.05) is 0 Å². The van der Waals surface area contributed by atoms with Crippen molar-refractivity contribution >= 4 is 22.6 Å². The molecule has 0 atom stereocenters. The van der Waals surface area contributed by atoms with Gasteiger partial charge in [-0.1, -0.05) is 0 Å². The normalized spacial score (nSPS) is 41.3. The maximum atomic E-state index is 10.2. The van der Waals surface area contributed by atoms with Gasteiger partial charge in [0.15, 0.2) is 0 Å². The lowest BCUT2D eigenvalue weighted by atomic mass is 9.50. The Morgan fingerprint density at radius 3 is 2.17 bits per heavy atom. The number of hydrogen-bond donors (Lipinski definition) is 1. The Balaban J connectivity index is 1.74. The number of phenolic OH excluding ortho intramolecular Hbond substituents is 1. The van der Waals surface area contributed by atoms with Gasteiger partial charge in [0.05, 0.1) is 0 Å². The van der Waals surface area contributed by atoms with Gasteiger partial charge in [-0.2, -0.15) is 0 Å². The topological polar surface area (TPSA) is 20.2 Å². The van der Waals surface area contributed by atoms with Crippen LogP contribution in [0.3, 0.4) is 0 Å². The summed E-state index contributed by atoms with van der Waals surface area (Å²) < 4.78 is 1.26. The number of aromatic hydroxyl groups is 1. The predicted molar refractivity (Wildman–Crippen MR) is 80.6 cm³/mol. The molecule has 0 heterocycles. The van der Waals surface area contributed by atoms with Gasteiger partial charge in [-0.25, -0.2) is 0 Å². The average molecular weight is 354 g/mol. The Morgan fingerprint density at radius 2 is 1.56 bits per heavy atom. The fraction of sp³-hybridized carbons (Fsp3) is 0.625. The van der Waals surface area contributed by atoms with Gasteiger partial charge in [-0.05, 0) is 108 Å². The van der Waals surface area contributed by atoms with Gasteiger partial charge >= 0.3 is 0 Å². The summed E-state index contributed by atoms with van der Waals surface area (Å²) in [6.07, 6.45) is 7.17.